The molecule has 0 aliphatic carbocycles. The van der Waals surface area contributed by atoms with Crippen molar-refractivity contribution in [1.82, 2.24) is 9.88 Å². The molecule has 196 valence electrons. The lowest BCUT2D eigenvalue weighted by Crippen LogP contribution is -2.29. The smallest absolute Gasteiger partial charge is 0.295 e. The fourth-order valence-corrected chi connectivity index (χ4v) is 5.04. The van der Waals surface area contributed by atoms with E-state index in [1.165, 1.54) is 4.90 Å². The maximum Gasteiger partial charge on any atom is 0.295 e. The quantitative estimate of drug-likeness (QED) is 0.261. The van der Waals surface area contributed by atoms with Crippen molar-refractivity contribution >= 4 is 17.4 Å². The zero-order valence-corrected chi connectivity index (χ0v) is 21.6. The lowest BCUT2D eigenvalue weighted by atomic mass is 9.94. The summed E-state index contributed by atoms with van der Waals surface area (Å²) in [4.78, 5) is 32.4. The van der Waals surface area contributed by atoms with Gasteiger partial charge in [0.15, 0.2) is 11.5 Å². The predicted octanol–water partition coefficient (Wildman–Crippen LogP) is 4.82. The Hall–Kier alpha value is -4.33. The second kappa shape index (κ2) is 10.6. The first-order valence-electron chi connectivity index (χ1n) is 12.8. The molecule has 3 heterocycles. The van der Waals surface area contributed by atoms with Gasteiger partial charge in [0, 0.05) is 30.9 Å². The summed E-state index contributed by atoms with van der Waals surface area (Å²) >= 11 is 0. The number of nitrogens with zero attached hydrogens (tertiary/aromatic N) is 2. The van der Waals surface area contributed by atoms with Gasteiger partial charge < -0.3 is 24.2 Å². The summed E-state index contributed by atoms with van der Waals surface area (Å²) in [6, 6.07) is 13.4. The minimum Gasteiger partial charge on any atom is -0.507 e. The van der Waals surface area contributed by atoms with Crippen molar-refractivity contribution in [2.24, 2.45) is 0 Å². The number of carbonyl (C=O) groups excluding carboxylic acids is 2. The number of pyridine rings is 1. The van der Waals surface area contributed by atoms with E-state index >= 15 is 0 Å². The standard InChI is InChI=1S/C30H30N2O6/c1-4-36-24-9-6-20(16-25(24)37-5-2)27-26(28(33)21-7-8-23-22(15-21)14-18(3)38-23)29(34)30(35)32(27)17-19-10-12-31-13-11-19/h6-13,15-16,18,27,33H,4-5,14,17H2,1-3H3/t18-,27+/m1/s1. The third-order valence-corrected chi connectivity index (χ3v) is 6.69. The number of likely N-dealkylation sites (tertiary alicyclic amines) is 1. The highest BCUT2D eigenvalue weighted by atomic mass is 16.5. The Bertz CT molecular complexity index is 1400. The van der Waals surface area contributed by atoms with E-state index in [2.05, 4.69) is 4.98 Å². The molecule has 38 heavy (non-hydrogen) atoms. The number of fused-ring (bicyclic) bond motifs is 1. The van der Waals surface area contributed by atoms with Crippen LogP contribution in [0.5, 0.6) is 17.2 Å². The van der Waals surface area contributed by atoms with Crippen LogP contribution in [0, 0.1) is 0 Å². The highest BCUT2D eigenvalue weighted by Gasteiger charge is 2.46. The van der Waals surface area contributed by atoms with Crippen molar-refractivity contribution in [3.63, 3.8) is 0 Å². The molecule has 0 bridgehead atoms. The van der Waals surface area contributed by atoms with E-state index in [0.29, 0.717) is 42.3 Å². The molecule has 1 amide bonds. The average molecular weight is 515 g/mol. The van der Waals surface area contributed by atoms with Gasteiger partial charge in [-0.15, -0.1) is 0 Å². The van der Waals surface area contributed by atoms with Crippen molar-refractivity contribution in [2.45, 2.75) is 45.9 Å². The van der Waals surface area contributed by atoms with Gasteiger partial charge in [-0.05, 0) is 79.9 Å². The van der Waals surface area contributed by atoms with Gasteiger partial charge in [0.1, 0.15) is 17.6 Å². The number of aliphatic hydroxyl groups excluding tert-OH is 1. The summed E-state index contributed by atoms with van der Waals surface area (Å²) in [5.74, 6) is 0.190. The summed E-state index contributed by atoms with van der Waals surface area (Å²) in [6.45, 7) is 6.77. The molecule has 1 N–H and O–H groups in total. The largest absolute Gasteiger partial charge is 0.507 e. The molecule has 8 nitrogen and oxygen atoms in total. The summed E-state index contributed by atoms with van der Waals surface area (Å²) in [5.41, 5.74) is 2.88. The second-order valence-corrected chi connectivity index (χ2v) is 9.31. The molecule has 3 aromatic rings. The van der Waals surface area contributed by atoms with E-state index in [0.717, 1.165) is 16.9 Å². The highest BCUT2D eigenvalue weighted by Crippen LogP contribution is 2.43. The molecule has 1 fully saturated rings. The van der Waals surface area contributed by atoms with Gasteiger partial charge in [-0.2, -0.15) is 0 Å². The van der Waals surface area contributed by atoms with Crippen LogP contribution in [-0.2, 0) is 22.6 Å². The van der Waals surface area contributed by atoms with Crippen LogP contribution in [0.2, 0.25) is 0 Å². The number of carbonyl (C=O) groups is 2. The number of ether oxygens (including phenoxy) is 3. The van der Waals surface area contributed by atoms with Gasteiger partial charge in [-0.25, -0.2) is 0 Å². The third-order valence-electron chi connectivity index (χ3n) is 6.69. The van der Waals surface area contributed by atoms with E-state index in [1.54, 1.807) is 54.9 Å². The number of aromatic nitrogens is 1. The number of rotatable bonds is 8. The lowest BCUT2D eigenvalue weighted by Gasteiger charge is -2.26. The molecule has 2 aromatic carbocycles. The maximum absolute atomic E-state index is 13.5. The van der Waals surface area contributed by atoms with Gasteiger partial charge in [0.05, 0.1) is 24.8 Å². The Morgan fingerprint density at radius 3 is 2.50 bits per heavy atom. The van der Waals surface area contributed by atoms with Crippen LogP contribution in [0.25, 0.3) is 5.76 Å². The Morgan fingerprint density at radius 1 is 1.03 bits per heavy atom. The normalized spacial score (nSPS) is 19.8. The Morgan fingerprint density at radius 2 is 1.76 bits per heavy atom. The van der Waals surface area contributed by atoms with Crippen LogP contribution in [0.4, 0.5) is 0 Å². The van der Waals surface area contributed by atoms with E-state index in [9.17, 15) is 14.7 Å². The summed E-state index contributed by atoms with van der Waals surface area (Å²) in [7, 11) is 0. The fraction of sp³-hybridized carbons (Fsp3) is 0.300. The van der Waals surface area contributed by atoms with E-state index in [4.69, 9.17) is 14.2 Å². The molecule has 8 heteroatoms. The Labute approximate surface area is 221 Å². The van der Waals surface area contributed by atoms with Crippen LogP contribution in [-0.4, -0.2) is 46.0 Å². The summed E-state index contributed by atoms with van der Waals surface area (Å²) in [5, 5.41) is 11.5. The molecule has 1 aromatic heterocycles. The lowest BCUT2D eigenvalue weighted by molar-refractivity contribution is -0.140. The number of amides is 1. The Kier molecular flexibility index (Phi) is 7.05. The van der Waals surface area contributed by atoms with Gasteiger partial charge in [-0.3, -0.25) is 14.6 Å². The van der Waals surface area contributed by atoms with Crippen LogP contribution in [0.3, 0.4) is 0 Å². The number of aliphatic hydroxyl groups is 1. The molecule has 0 unspecified atom stereocenters. The van der Waals surface area contributed by atoms with Crippen molar-refractivity contribution < 1.29 is 28.9 Å². The first-order chi connectivity index (χ1) is 18.4. The zero-order valence-electron chi connectivity index (χ0n) is 21.6. The fourth-order valence-electron chi connectivity index (χ4n) is 5.04. The predicted molar refractivity (Wildman–Crippen MR) is 141 cm³/mol. The topological polar surface area (TPSA) is 98.2 Å². The van der Waals surface area contributed by atoms with E-state index in [-0.39, 0.29) is 24.0 Å². The molecule has 2 atom stereocenters. The Balaban J connectivity index is 1.65. The van der Waals surface area contributed by atoms with Gasteiger partial charge in [0.2, 0.25) is 0 Å². The third kappa shape index (κ3) is 4.69. The van der Waals surface area contributed by atoms with Crippen LogP contribution in [0.1, 0.15) is 49.1 Å². The molecule has 5 rings (SSSR count). The van der Waals surface area contributed by atoms with E-state index < -0.39 is 17.7 Å². The maximum atomic E-state index is 13.5. The first-order valence-corrected chi connectivity index (χ1v) is 12.8. The number of ketones is 1. The minimum absolute atomic E-state index is 0.0302. The average Bonchev–Trinajstić information content (AvgIpc) is 3.41. The van der Waals surface area contributed by atoms with Crippen LogP contribution in [0.15, 0.2) is 66.5 Å². The highest BCUT2D eigenvalue weighted by molar-refractivity contribution is 6.46. The van der Waals surface area contributed by atoms with Crippen molar-refractivity contribution in [2.75, 3.05) is 13.2 Å². The molecule has 0 spiro atoms. The molecule has 0 saturated carbocycles. The van der Waals surface area contributed by atoms with Gasteiger partial charge in [0.25, 0.3) is 11.7 Å². The molecule has 2 aliphatic rings. The number of hydrogen-bond acceptors (Lipinski definition) is 7. The molecular weight excluding hydrogens is 484 g/mol. The molecule has 0 radical (unpaired) electrons. The molecule has 1 saturated heterocycles. The summed E-state index contributed by atoms with van der Waals surface area (Å²) < 4.78 is 17.3. The van der Waals surface area contributed by atoms with Crippen LogP contribution < -0.4 is 14.2 Å². The molecule has 2 aliphatic heterocycles. The monoisotopic (exact) mass is 514 g/mol. The number of hydrogen-bond donors (Lipinski definition) is 1. The SMILES string of the molecule is CCOc1ccc([C@H]2C(=C(O)c3ccc4c(c3)C[C@@H](C)O4)C(=O)C(=O)N2Cc2ccncc2)cc1OCC. The number of Topliss-reactive ketones (excluding diaryl/α,β-unsaturated/α-hetero) is 1. The van der Waals surface area contributed by atoms with Gasteiger partial charge in [-0.1, -0.05) is 6.07 Å². The second-order valence-electron chi connectivity index (χ2n) is 9.31. The van der Waals surface area contributed by atoms with Crippen molar-refractivity contribution in [3.8, 4) is 17.2 Å². The number of benzene rings is 2. The zero-order chi connectivity index (χ0) is 26.8. The van der Waals surface area contributed by atoms with Crippen molar-refractivity contribution in [1.29, 1.82) is 0 Å². The van der Waals surface area contributed by atoms with Crippen LogP contribution >= 0.6 is 0 Å². The first kappa shape index (κ1) is 25.3. The summed E-state index contributed by atoms with van der Waals surface area (Å²) in [6.07, 6.45) is 4.01. The minimum atomic E-state index is -0.832. The van der Waals surface area contributed by atoms with Crippen molar-refractivity contribution in [3.05, 3.63) is 88.8 Å². The van der Waals surface area contributed by atoms with Gasteiger partial charge >= 0.3 is 0 Å². The molecular formula is C30H30N2O6. The van der Waals surface area contributed by atoms with E-state index in [1.807, 2.05) is 26.8 Å².